The fourth-order valence-corrected chi connectivity index (χ4v) is 2.18. The molecular weight excluding hydrogens is 238 g/mol. The number of benzene rings is 1. The van der Waals surface area contributed by atoms with Crippen LogP contribution in [0.25, 0.3) is 10.9 Å². The molecule has 0 bridgehead atoms. The third-order valence-corrected chi connectivity index (χ3v) is 3.22. The summed E-state index contributed by atoms with van der Waals surface area (Å²) in [4.78, 5) is 5.49. The van der Waals surface area contributed by atoms with E-state index in [4.69, 9.17) is 4.74 Å². The molecule has 0 amide bonds. The zero-order valence-corrected chi connectivity index (χ0v) is 12.0. The van der Waals surface area contributed by atoms with Crippen LogP contribution in [0.15, 0.2) is 24.4 Å². The number of H-pyrrole nitrogens is 1. The number of aromatic amines is 1. The van der Waals surface area contributed by atoms with E-state index in [1.165, 1.54) is 11.8 Å². The molecular formula is C15H23N3O. The summed E-state index contributed by atoms with van der Waals surface area (Å²) in [5.74, 6) is 0.892. The highest BCUT2D eigenvalue weighted by atomic mass is 16.5. The molecule has 1 aromatic carbocycles. The Bertz CT molecular complexity index is 519. The summed E-state index contributed by atoms with van der Waals surface area (Å²) in [5, 5.41) is 4.67. The van der Waals surface area contributed by atoms with Crippen molar-refractivity contribution in [3.8, 4) is 5.75 Å². The smallest absolute Gasteiger partial charge is 0.121 e. The molecule has 0 aliphatic rings. The van der Waals surface area contributed by atoms with Crippen molar-refractivity contribution in [1.82, 2.24) is 9.88 Å². The lowest BCUT2D eigenvalue weighted by atomic mass is 10.2. The first-order valence-corrected chi connectivity index (χ1v) is 6.74. The highest BCUT2D eigenvalue weighted by molar-refractivity contribution is 5.92. The zero-order valence-electron chi connectivity index (χ0n) is 12.0. The van der Waals surface area contributed by atoms with Crippen molar-refractivity contribution in [3.63, 3.8) is 0 Å². The van der Waals surface area contributed by atoms with Crippen LogP contribution in [-0.4, -0.2) is 44.2 Å². The van der Waals surface area contributed by atoms with Crippen LogP contribution in [0.2, 0.25) is 0 Å². The summed E-state index contributed by atoms with van der Waals surface area (Å²) in [6, 6.07) is 6.16. The van der Waals surface area contributed by atoms with Crippen molar-refractivity contribution in [2.24, 2.45) is 0 Å². The Morgan fingerprint density at radius 2 is 2.11 bits per heavy atom. The molecule has 0 saturated heterocycles. The maximum atomic E-state index is 5.33. The lowest BCUT2D eigenvalue weighted by Gasteiger charge is -2.11. The summed E-state index contributed by atoms with van der Waals surface area (Å²) in [6.45, 7) is 2.12. The van der Waals surface area contributed by atoms with Gasteiger partial charge in [-0.05, 0) is 45.6 Å². The van der Waals surface area contributed by atoms with E-state index in [-0.39, 0.29) is 0 Å². The summed E-state index contributed by atoms with van der Waals surface area (Å²) in [7, 11) is 5.92. The molecule has 4 heteroatoms. The van der Waals surface area contributed by atoms with E-state index in [2.05, 4.69) is 35.4 Å². The molecule has 19 heavy (non-hydrogen) atoms. The number of nitrogens with one attached hydrogen (secondary N) is 2. The summed E-state index contributed by atoms with van der Waals surface area (Å²) in [6.07, 6.45) is 4.33. The Labute approximate surface area is 114 Å². The van der Waals surface area contributed by atoms with Gasteiger partial charge >= 0.3 is 0 Å². The van der Waals surface area contributed by atoms with Gasteiger partial charge in [0.1, 0.15) is 5.75 Å². The van der Waals surface area contributed by atoms with Gasteiger partial charge in [0, 0.05) is 24.2 Å². The molecule has 0 aliphatic carbocycles. The molecule has 0 aliphatic heterocycles. The van der Waals surface area contributed by atoms with Gasteiger partial charge in [-0.25, -0.2) is 0 Å². The first-order valence-electron chi connectivity index (χ1n) is 6.74. The van der Waals surface area contributed by atoms with Crippen LogP contribution >= 0.6 is 0 Å². The second-order valence-corrected chi connectivity index (χ2v) is 5.05. The fraction of sp³-hybridized carbons (Fsp3) is 0.467. The predicted octanol–water partition coefficient (Wildman–Crippen LogP) is 2.93. The van der Waals surface area contributed by atoms with E-state index in [9.17, 15) is 0 Å². The second kappa shape index (κ2) is 6.48. The lowest BCUT2D eigenvalue weighted by molar-refractivity contribution is 0.396. The van der Waals surface area contributed by atoms with Gasteiger partial charge in [0.05, 0.1) is 18.3 Å². The minimum atomic E-state index is 0.892. The van der Waals surface area contributed by atoms with Crippen molar-refractivity contribution < 1.29 is 4.74 Å². The van der Waals surface area contributed by atoms with Gasteiger partial charge in [0.15, 0.2) is 0 Å². The number of fused-ring (bicyclic) bond motifs is 1. The Hall–Kier alpha value is -1.68. The van der Waals surface area contributed by atoms with Crippen LogP contribution in [-0.2, 0) is 0 Å². The largest absolute Gasteiger partial charge is 0.497 e. The number of aromatic nitrogens is 1. The Balaban J connectivity index is 1.97. The van der Waals surface area contributed by atoms with Crippen molar-refractivity contribution in [2.75, 3.05) is 39.6 Å². The van der Waals surface area contributed by atoms with Crippen LogP contribution < -0.4 is 10.1 Å². The number of rotatable bonds is 7. The number of hydrogen-bond acceptors (Lipinski definition) is 3. The maximum Gasteiger partial charge on any atom is 0.121 e. The standard InChI is InChI=1S/C15H23N3O/c1-18(2)9-5-4-7-16-14-11-13(19-3)10-12-6-8-17-15(12)14/h6,8,10-11,16-17H,4-5,7,9H2,1-3H3. The van der Waals surface area contributed by atoms with E-state index in [0.717, 1.165) is 36.5 Å². The minimum absolute atomic E-state index is 0.892. The van der Waals surface area contributed by atoms with Crippen molar-refractivity contribution in [3.05, 3.63) is 24.4 Å². The topological polar surface area (TPSA) is 40.3 Å². The molecule has 104 valence electrons. The molecule has 4 nitrogen and oxygen atoms in total. The van der Waals surface area contributed by atoms with Gasteiger partial charge in [0.2, 0.25) is 0 Å². The third-order valence-electron chi connectivity index (χ3n) is 3.22. The Kier molecular flexibility index (Phi) is 4.68. The summed E-state index contributed by atoms with van der Waals surface area (Å²) in [5.41, 5.74) is 2.26. The average molecular weight is 261 g/mol. The van der Waals surface area contributed by atoms with Gasteiger partial charge < -0.3 is 19.9 Å². The molecule has 1 heterocycles. The number of nitrogens with zero attached hydrogens (tertiary/aromatic N) is 1. The Morgan fingerprint density at radius 1 is 1.26 bits per heavy atom. The Morgan fingerprint density at radius 3 is 2.84 bits per heavy atom. The summed E-state index contributed by atoms with van der Waals surface area (Å²) >= 11 is 0. The van der Waals surface area contributed by atoms with E-state index in [1.807, 2.05) is 18.3 Å². The monoisotopic (exact) mass is 261 g/mol. The second-order valence-electron chi connectivity index (χ2n) is 5.05. The first-order chi connectivity index (χ1) is 9.20. The van der Waals surface area contributed by atoms with E-state index >= 15 is 0 Å². The fourth-order valence-electron chi connectivity index (χ4n) is 2.18. The number of anilines is 1. The van der Waals surface area contributed by atoms with Crippen LogP contribution in [0.1, 0.15) is 12.8 Å². The molecule has 0 spiro atoms. The van der Waals surface area contributed by atoms with Crippen LogP contribution in [0, 0.1) is 0 Å². The summed E-state index contributed by atoms with van der Waals surface area (Å²) < 4.78 is 5.33. The molecule has 0 radical (unpaired) electrons. The third kappa shape index (κ3) is 3.64. The molecule has 0 unspecified atom stereocenters. The van der Waals surface area contributed by atoms with E-state index in [1.54, 1.807) is 7.11 Å². The number of ether oxygens (including phenoxy) is 1. The van der Waals surface area contributed by atoms with Gasteiger partial charge in [0.25, 0.3) is 0 Å². The predicted molar refractivity (Wildman–Crippen MR) is 81.1 cm³/mol. The van der Waals surface area contributed by atoms with Gasteiger partial charge in [-0.3, -0.25) is 0 Å². The van der Waals surface area contributed by atoms with Crippen molar-refractivity contribution in [1.29, 1.82) is 0 Å². The number of hydrogen-bond donors (Lipinski definition) is 2. The molecule has 0 atom stereocenters. The molecule has 2 aromatic rings. The van der Waals surface area contributed by atoms with Gasteiger partial charge in [-0.1, -0.05) is 0 Å². The number of unbranched alkanes of at least 4 members (excludes halogenated alkanes) is 1. The molecule has 2 N–H and O–H groups in total. The van der Waals surface area contributed by atoms with Crippen LogP contribution in [0.4, 0.5) is 5.69 Å². The highest BCUT2D eigenvalue weighted by Gasteiger charge is 2.05. The van der Waals surface area contributed by atoms with Gasteiger partial charge in [-0.2, -0.15) is 0 Å². The van der Waals surface area contributed by atoms with Crippen molar-refractivity contribution in [2.45, 2.75) is 12.8 Å². The minimum Gasteiger partial charge on any atom is -0.497 e. The van der Waals surface area contributed by atoms with Crippen LogP contribution in [0.3, 0.4) is 0 Å². The lowest BCUT2D eigenvalue weighted by Crippen LogP contribution is -2.14. The molecule has 0 saturated carbocycles. The normalized spacial score (nSPS) is 11.2. The molecule has 2 rings (SSSR count). The first kappa shape index (κ1) is 13.7. The average Bonchev–Trinajstić information content (AvgIpc) is 2.85. The zero-order chi connectivity index (χ0) is 13.7. The van der Waals surface area contributed by atoms with Crippen LogP contribution in [0.5, 0.6) is 5.75 Å². The van der Waals surface area contributed by atoms with Gasteiger partial charge in [-0.15, -0.1) is 0 Å². The number of methoxy groups -OCH3 is 1. The van der Waals surface area contributed by atoms with E-state index < -0.39 is 0 Å². The molecule has 1 aromatic heterocycles. The molecule has 0 fully saturated rings. The SMILES string of the molecule is COc1cc(NCCCCN(C)C)c2[nH]ccc2c1. The quantitative estimate of drug-likeness (QED) is 0.753. The van der Waals surface area contributed by atoms with Crippen molar-refractivity contribution >= 4 is 16.6 Å². The van der Waals surface area contributed by atoms with E-state index in [0.29, 0.717) is 0 Å². The maximum absolute atomic E-state index is 5.33. The highest BCUT2D eigenvalue weighted by Crippen LogP contribution is 2.28.